The largest absolute Gasteiger partial charge is 0.457 e. The third-order valence-corrected chi connectivity index (χ3v) is 9.53. The van der Waals surface area contributed by atoms with Crippen LogP contribution in [0.5, 0.6) is 0 Å². The Hall–Kier alpha value is -1.13. The summed E-state index contributed by atoms with van der Waals surface area (Å²) in [6.07, 6.45) is 50.9. The Balaban J connectivity index is 3.40. The van der Waals surface area contributed by atoms with Gasteiger partial charge >= 0.3 is 5.97 Å². The molecule has 1 N–H and O–H groups in total. The molecule has 0 saturated carbocycles. The first-order chi connectivity index (χ1) is 23.7. The van der Waals surface area contributed by atoms with Crippen LogP contribution in [0.3, 0.4) is 0 Å². The maximum Gasteiger partial charge on any atom is 0.306 e. The highest BCUT2D eigenvalue weighted by molar-refractivity contribution is 5.69. The first-order valence-corrected chi connectivity index (χ1v) is 21.4. The smallest absolute Gasteiger partial charge is 0.306 e. The monoisotopic (exact) mass is 677 g/mol. The molecule has 0 aromatic carbocycles. The van der Waals surface area contributed by atoms with Gasteiger partial charge in [-0.1, -0.05) is 199 Å². The number of unbranched alkanes of at least 4 members (excludes halogenated alkanes) is 28. The van der Waals surface area contributed by atoms with Gasteiger partial charge in [-0.3, -0.25) is 4.79 Å². The Morgan fingerprint density at radius 3 is 1.33 bits per heavy atom. The molecule has 0 bridgehead atoms. The van der Waals surface area contributed by atoms with Crippen molar-refractivity contribution in [2.24, 2.45) is 0 Å². The van der Waals surface area contributed by atoms with E-state index < -0.39 is 6.10 Å². The molecule has 0 saturated heterocycles. The minimum atomic E-state index is -0.535. The molecule has 0 amide bonds. The van der Waals surface area contributed by atoms with E-state index in [4.69, 9.17) is 9.47 Å². The van der Waals surface area contributed by atoms with Crippen molar-refractivity contribution in [2.45, 2.75) is 232 Å². The number of hydrogen-bond donors (Lipinski definition) is 1. The lowest BCUT2D eigenvalue weighted by molar-refractivity contribution is -0.154. The molecule has 0 aliphatic rings. The topological polar surface area (TPSA) is 55.8 Å². The van der Waals surface area contributed by atoms with Crippen molar-refractivity contribution >= 4 is 5.97 Å². The molecule has 0 aromatic heterocycles. The molecule has 48 heavy (non-hydrogen) atoms. The summed E-state index contributed by atoms with van der Waals surface area (Å²) in [4.78, 5) is 12.2. The van der Waals surface area contributed by atoms with Crippen LogP contribution < -0.4 is 0 Å². The van der Waals surface area contributed by atoms with Gasteiger partial charge in [0, 0.05) is 13.0 Å². The molecule has 1 unspecified atom stereocenters. The number of carbonyl (C=O) groups is 1. The predicted octanol–water partition coefficient (Wildman–Crippen LogP) is 13.9. The molecule has 0 heterocycles. The van der Waals surface area contributed by atoms with E-state index in [-0.39, 0.29) is 12.6 Å². The van der Waals surface area contributed by atoms with E-state index in [0.29, 0.717) is 19.6 Å². The van der Waals surface area contributed by atoms with E-state index in [1.54, 1.807) is 0 Å². The third-order valence-electron chi connectivity index (χ3n) is 9.53. The lowest BCUT2D eigenvalue weighted by Crippen LogP contribution is -2.27. The van der Waals surface area contributed by atoms with Crippen LogP contribution in [0.4, 0.5) is 0 Å². The number of carbonyl (C=O) groups excluding carboxylic acids is 1. The van der Waals surface area contributed by atoms with Crippen molar-refractivity contribution in [2.75, 3.05) is 19.8 Å². The second-order valence-corrected chi connectivity index (χ2v) is 14.4. The molecule has 0 radical (unpaired) electrons. The molecular weight excluding hydrogens is 592 g/mol. The SMILES string of the molecule is CCCCC/C=C\C/C=C\CCCCCCCCOCC(CO)OC(=O)CCCCCCCCCCCCCCCCCCCCCC. The first kappa shape index (κ1) is 46.9. The molecule has 0 spiro atoms. The van der Waals surface area contributed by atoms with Crippen molar-refractivity contribution < 1.29 is 19.4 Å². The highest BCUT2D eigenvalue weighted by Crippen LogP contribution is 2.15. The molecule has 284 valence electrons. The number of ether oxygens (including phenoxy) is 2. The van der Waals surface area contributed by atoms with Crippen LogP contribution in [0, 0.1) is 0 Å². The van der Waals surface area contributed by atoms with Gasteiger partial charge in [0.05, 0.1) is 13.2 Å². The standard InChI is InChI=1S/C44H84O4/c1-3-5-7-9-11-13-15-17-19-21-22-23-24-25-27-29-31-33-35-37-39-44(46)48-43(41-45)42-47-40-38-36-34-32-30-28-26-20-18-16-14-12-10-8-6-4-2/h12,14,18,20,43,45H,3-11,13,15-17,19,21-42H2,1-2H3/b14-12-,20-18-. The van der Waals surface area contributed by atoms with E-state index in [2.05, 4.69) is 38.2 Å². The zero-order chi connectivity index (χ0) is 34.9. The number of aliphatic hydroxyl groups is 1. The number of hydrogen-bond acceptors (Lipinski definition) is 4. The van der Waals surface area contributed by atoms with Crippen LogP contribution in [0.25, 0.3) is 0 Å². The Labute approximate surface area is 300 Å². The lowest BCUT2D eigenvalue weighted by Gasteiger charge is -2.15. The highest BCUT2D eigenvalue weighted by atomic mass is 16.6. The Kier molecular flexibility index (Phi) is 41.0. The van der Waals surface area contributed by atoms with Crippen LogP contribution in [-0.2, 0) is 14.3 Å². The summed E-state index contributed by atoms with van der Waals surface area (Å²) in [6, 6.07) is 0. The number of aliphatic hydroxyl groups excluding tert-OH is 1. The minimum Gasteiger partial charge on any atom is -0.457 e. The van der Waals surface area contributed by atoms with Crippen molar-refractivity contribution in [1.82, 2.24) is 0 Å². The second-order valence-electron chi connectivity index (χ2n) is 14.4. The zero-order valence-electron chi connectivity index (χ0n) is 32.5. The van der Waals surface area contributed by atoms with Gasteiger partial charge in [-0.05, 0) is 44.9 Å². The zero-order valence-corrected chi connectivity index (χ0v) is 32.5. The Morgan fingerprint density at radius 2 is 0.875 bits per heavy atom. The molecule has 4 nitrogen and oxygen atoms in total. The minimum absolute atomic E-state index is 0.172. The van der Waals surface area contributed by atoms with Gasteiger partial charge in [-0.25, -0.2) is 0 Å². The highest BCUT2D eigenvalue weighted by Gasteiger charge is 2.13. The first-order valence-electron chi connectivity index (χ1n) is 21.4. The fraction of sp³-hybridized carbons (Fsp3) is 0.886. The fourth-order valence-corrected chi connectivity index (χ4v) is 6.30. The summed E-state index contributed by atoms with van der Waals surface area (Å²) >= 11 is 0. The van der Waals surface area contributed by atoms with E-state index >= 15 is 0 Å². The Morgan fingerprint density at radius 1 is 0.500 bits per heavy atom. The van der Waals surface area contributed by atoms with Crippen molar-refractivity contribution in [3.05, 3.63) is 24.3 Å². The van der Waals surface area contributed by atoms with Gasteiger partial charge in [0.2, 0.25) is 0 Å². The van der Waals surface area contributed by atoms with Crippen LogP contribution in [0.15, 0.2) is 24.3 Å². The summed E-state index contributed by atoms with van der Waals surface area (Å²) in [5, 5.41) is 9.59. The van der Waals surface area contributed by atoms with Crippen LogP contribution in [0.1, 0.15) is 226 Å². The van der Waals surface area contributed by atoms with Gasteiger partial charge in [0.1, 0.15) is 6.10 Å². The van der Waals surface area contributed by atoms with E-state index in [9.17, 15) is 9.90 Å². The molecule has 1 atom stereocenters. The number of allylic oxidation sites excluding steroid dienone is 4. The third kappa shape index (κ3) is 39.3. The van der Waals surface area contributed by atoms with E-state index in [0.717, 1.165) is 25.7 Å². The maximum atomic E-state index is 12.2. The Bertz CT molecular complexity index is 673. The van der Waals surface area contributed by atoms with Gasteiger partial charge < -0.3 is 14.6 Å². The average Bonchev–Trinajstić information content (AvgIpc) is 3.09. The van der Waals surface area contributed by atoms with Gasteiger partial charge in [0.15, 0.2) is 0 Å². The average molecular weight is 677 g/mol. The van der Waals surface area contributed by atoms with Crippen molar-refractivity contribution in [1.29, 1.82) is 0 Å². The molecule has 0 aromatic rings. The fourth-order valence-electron chi connectivity index (χ4n) is 6.30. The maximum absolute atomic E-state index is 12.2. The van der Waals surface area contributed by atoms with Crippen LogP contribution >= 0.6 is 0 Å². The van der Waals surface area contributed by atoms with Crippen LogP contribution in [0.2, 0.25) is 0 Å². The molecule has 0 rings (SSSR count). The molecule has 0 fully saturated rings. The summed E-state index contributed by atoms with van der Waals surface area (Å²) in [7, 11) is 0. The van der Waals surface area contributed by atoms with Gasteiger partial charge in [-0.15, -0.1) is 0 Å². The number of esters is 1. The summed E-state index contributed by atoms with van der Waals surface area (Å²) in [5.41, 5.74) is 0. The van der Waals surface area contributed by atoms with Crippen LogP contribution in [-0.4, -0.2) is 37.0 Å². The normalized spacial score (nSPS) is 12.5. The summed E-state index contributed by atoms with van der Waals surface area (Å²) < 4.78 is 11.2. The summed E-state index contributed by atoms with van der Waals surface area (Å²) in [5.74, 6) is -0.200. The predicted molar refractivity (Wildman–Crippen MR) is 210 cm³/mol. The number of rotatable bonds is 40. The van der Waals surface area contributed by atoms with E-state index in [1.165, 1.54) is 180 Å². The molecule has 0 aliphatic heterocycles. The molecule has 0 aliphatic carbocycles. The van der Waals surface area contributed by atoms with Crippen molar-refractivity contribution in [3.8, 4) is 0 Å². The second kappa shape index (κ2) is 42.0. The quantitative estimate of drug-likeness (QED) is 0.0399. The lowest BCUT2D eigenvalue weighted by atomic mass is 10.0. The van der Waals surface area contributed by atoms with Gasteiger partial charge in [0.25, 0.3) is 0 Å². The summed E-state index contributed by atoms with van der Waals surface area (Å²) in [6.45, 7) is 5.33. The van der Waals surface area contributed by atoms with Gasteiger partial charge in [-0.2, -0.15) is 0 Å². The van der Waals surface area contributed by atoms with Crippen molar-refractivity contribution in [3.63, 3.8) is 0 Å². The molecule has 4 heteroatoms. The van der Waals surface area contributed by atoms with E-state index in [1.807, 2.05) is 0 Å². The molecular formula is C44H84O4.